The Hall–Kier alpha value is -0.780. The second-order valence-electron chi connectivity index (χ2n) is 10.8. The van der Waals surface area contributed by atoms with Crippen molar-refractivity contribution in [3.8, 4) is 0 Å². The van der Waals surface area contributed by atoms with Gasteiger partial charge in [-0.05, 0) is 42.7 Å². The molecule has 1 aliphatic carbocycles. The van der Waals surface area contributed by atoms with E-state index in [4.69, 9.17) is 0 Å². The molecule has 0 radical (unpaired) electrons. The molecule has 0 heteroatoms. The van der Waals surface area contributed by atoms with E-state index in [1.807, 2.05) is 0 Å². The molecule has 0 bridgehead atoms. The van der Waals surface area contributed by atoms with Crippen molar-refractivity contribution in [2.75, 3.05) is 0 Å². The molecule has 1 aromatic carbocycles. The third kappa shape index (κ3) is 13.1. The Morgan fingerprint density at radius 2 is 1.00 bits per heavy atom. The first-order valence-corrected chi connectivity index (χ1v) is 15.0. The average molecular weight is 441 g/mol. The predicted molar refractivity (Wildman–Crippen MR) is 145 cm³/mol. The predicted octanol–water partition coefficient (Wildman–Crippen LogP) is 11.3. The zero-order chi connectivity index (χ0) is 22.5. The molecule has 0 aromatic heterocycles. The zero-order valence-corrected chi connectivity index (χ0v) is 21.9. The number of rotatable bonds is 21. The van der Waals surface area contributed by atoms with Crippen LogP contribution in [0, 0.1) is 0 Å². The van der Waals surface area contributed by atoms with Crippen molar-refractivity contribution in [1.29, 1.82) is 0 Å². The third-order valence-corrected chi connectivity index (χ3v) is 7.90. The van der Waals surface area contributed by atoms with Crippen LogP contribution in [0.5, 0.6) is 0 Å². The normalized spacial score (nSPS) is 15.7. The molecule has 0 nitrogen and oxygen atoms in total. The highest BCUT2D eigenvalue weighted by molar-refractivity contribution is 5.32. The Bertz CT molecular complexity index is 531. The van der Waals surface area contributed by atoms with Crippen molar-refractivity contribution in [2.24, 2.45) is 0 Å². The Labute approximate surface area is 202 Å². The summed E-state index contributed by atoms with van der Waals surface area (Å²) in [6.45, 7) is 2.31. The van der Waals surface area contributed by atoms with Crippen molar-refractivity contribution in [1.82, 2.24) is 0 Å². The lowest BCUT2D eigenvalue weighted by molar-refractivity contribution is 0.479. The maximum atomic E-state index is 2.40. The fourth-order valence-electron chi connectivity index (χ4n) is 5.80. The molecule has 0 N–H and O–H groups in total. The first-order chi connectivity index (χ1) is 15.9. The molecule has 0 aliphatic heterocycles. The van der Waals surface area contributed by atoms with Gasteiger partial charge in [0.15, 0.2) is 0 Å². The average Bonchev–Trinajstić information content (AvgIpc) is 2.83. The van der Waals surface area contributed by atoms with Gasteiger partial charge in [-0.3, -0.25) is 0 Å². The summed E-state index contributed by atoms with van der Waals surface area (Å²) in [7, 11) is 0. The number of benzene rings is 1. The summed E-state index contributed by atoms with van der Waals surface area (Å²) in [5, 5.41) is 0. The highest BCUT2D eigenvalue weighted by Gasteiger charge is 2.18. The second kappa shape index (κ2) is 19.7. The molecule has 0 heterocycles. The lowest BCUT2D eigenvalue weighted by atomic mass is 9.80. The summed E-state index contributed by atoms with van der Waals surface area (Å²) in [6.07, 6.45) is 35.0. The fraction of sp³-hybridized carbons (Fsp3) is 0.812. The van der Waals surface area contributed by atoms with Gasteiger partial charge < -0.3 is 0 Å². The van der Waals surface area contributed by atoms with Gasteiger partial charge >= 0.3 is 0 Å². The smallest absolute Gasteiger partial charge is 0.0159 e. The van der Waals surface area contributed by atoms with E-state index in [0.717, 1.165) is 5.92 Å². The molecule has 1 unspecified atom stereocenters. The SMILES string of the molecule is CCCCCCCCCCCCCCCCCCCCCCC1CCCc2ccccc21. The van der Waals surface area contributed by atoms with Crippen molar-refractivity contribution in [2.45, 2.75) is 167 Å². The molecule has 1 aromatic rings. The molecule has 0 fully saturated rings. The highest BCUT2D eigenvalue weighted by atomic mass is 14.2. The van der Waals surface area contributed by atoms with Crippen LogP contribution < -0.4 is 0 Å². The fourth-order valence-corrected chi connectivity index (χ4v) is 5.80. The van der Waals surface area contributed by atoms with Crippen molar-refractivity contribution in [3.05, 3.63) is 35.4 Å². The standard InChI is InChI=1S/C32H56/c1-2-3-4-5-6-7-8-9-10-11-12-13-14-15-16-17-18-19-20-21-25-30-27-24-28-31-26-22-23-29-32(30)31/h22-23,26,29-30H,2-21,24-25,27-28H2,1H3. The minimum Gasteiger partial charge on any atom is -0.0654 e. The minimum absolute atomic E-state index is 0.857. The van der Waals surface area contributed by atoms with Crippen LogP contribution in [-0.4, -0.2) is 0 Å². The number of aryl methyl sites for hydroxylation is 1. The Kier molecular flexibility index (Phi) is 16.9. The second-order valence-corrected chi connectivity index (χ2v) is 10.8. The van der Waals surface area contributed by atoms with Gasteiger partial charge in [-0.25, -0.2) is 0 Å². The lowest BCUT2D eigenvalue weighted by Crippen LogP contribution is -2.09. The Balaban J connectivity index is 1.27. The molecular formula is C32H56. The highest BCUT2D eigenvalue weighted by Crippen LogP contribution is 2.35. The zero-order valence-electron chi connectivity index (χ0n) is 21.9. The molecule has 32 heavy (non-hydrogen) atoms. The van der Waals surface area contributed by atoms with Gasteiger partial charge in [-0.2, -0.15) is 0 Å². The van der Waals surface area contributed by atoms with Gasteiger partial charge in [-0.1, -0.05) is 160 Å². The summed E-state index contributed by atoms with van der Waals surface area (Å²) in [6, 6.07) is 9.22. The summed E-state index contributed by atoms with van der Waals surface area (Å²) in [5.74, 6) is 0.857. The largest absolute Gasteiger partial charge is 0.0654 e. The van der Waals surface area contributed by atoms with Crippen molar-refractivity contribution >= 4 is 0 Å². The van der Waals surface area contributed by atoms with Gasteiger partial charge in [0.25, 0.3) is 0 Å². The number of hydrogen-bond donors (Lipinski definition) is 0. The van der Waals surface area contributed by atoms with Gasteiger partial charge in [0.2, 0.25) is 0 Å². The Morgan fingerprint density at radius 3 is 1.50 bits per heavy atom. The van der Waals surface area contributed by atoms with Crippen LogP contribution in [0.15, 0.2) is 24.3 Å². The van der Waals surface area contributed by atoms with Crippen LogP contribution in [0.3, 0.4) is 0 Å². The Morgan fingerprint density at radius 1 is 0.562 bits per heavy atom. The summed E-state index contributed by atoms with van der Waals surface area (Å²) in [5.41, 5.74) is 3.31. The molecule has 184 valence electrons. The third-order valence-electron chi connectivity index (χ3n) is 7.90. The van der Waals surface area contributed by atoms with Crippen LogP contribution in [0.4, 0.5) is 0 Å². The van der Waals surface area contributed by atoms with E-state index in [9.17, 15) is 0 Å². The number of fused-ring (bicyclic) bond motifs is 1. The minimum atomic E-state index is 0.857. The number of unbranched alkanes of at least 4 members (excludes halogenated alkanes) is 19. The van der Waals surface area contributed by atoms with E-state index >= 15 is 0 Å². The monoisotopic (exact) mass is 440 g/mol. The summed E-state index contributed by atoms with van der Waals surface area (Å²) in [4.78, 5) is 0. The molecule has 0 spiro atoms. The van der Waals surface area contributed by atoms with Gasteiger partial charge in [-0.15, -0.1) is 0 Å². The molecule has 0 amide bonds. The lowest BCUT2D eigenvalue weighted by Gasteiger charge is -2.25. The summed E-state index contributed by atoms with van der Waals surface area (Å²) >= 11 is 0. The van der Waals surface area contributed by atoms with Crippen LogP contribution in [-0.2, 0) is 6.42 Å². The van der Waals surface area contributed by atoms with E-state index in [1.165, 1.54) is 154 Å². The quantitative estimate of drug-likeness (QED) is 0.167. The van der Waals surface area contributed by atoms with E-state index in [2.05, 4.69) is 31.2 Å². The van der Waals surface area contributed by atoms with Crippen LogP contribution >= 0.6 is 0 Å². The number of hydrogen-bond acceptors (Lipinski definition) is 0. The van der Waals surface area contributed by atoms with Crippen LogP contribution in [0.1, 0.15) is 172 Å². The molecule has 0 saturated carbocycles. The van der Waals surface area contributed by atoms with E-state index in [0.29, 0.717) is 0 Å². The van der Waals surface area contributed by atoms with Gasteiger partial charge in [0.05, 0.1) is 0 Å². The molecule has 1 aliphatic rings. The van der Waals surface area contributed by atoms with Gasteiger partial charge in [0, 0.05) is 0 Å². The van der Waals surface area contributed by atoms with Crippen molar-refractivity contribution < 1.29 is 0 Å². The van der Waals surface area contributed by atoms with Crippen LogP contribution in [0.2, 0.25) is 0 Å². The van der Waals surface area contributed by atoms with E-state index < -0.39 is 0 Å². The van der Waals surface area contributed by atoms with Crippen molar-refractivity contribution in [3.63, 3.8) is 0 Å². The van der Waals surface area contributed by atoms with E-state index in [-0.39, 0.29) is 0 Å². The van der Waals surface area contributed by atoms with E-state index in [1.54, 1.807) is 11.1 Å². The molecule has 0 saturated heterocycles. The molecular weight excluding hydrogens is 384 g/mol. The maximum Gasteiger partial charge on any atom is -0.0159 e. The summed E-state index contributed by atoms with van der Waals surface area (Å²) < 4.78 is 0. The van der Waals surface area contributed by atoms with Crippen LogP contribution in [0.25, 0.3) is 0 Å². The first-order valence-electron chi connectivity index (χ1n) is 15.0. The van der Waals surface area contributed by atoms with Gasteiger partial charge in [0.1, 0.15) is 0 Å². The topological polar surface area (TPSA) is 0 Å². The molecule has 1 atom stereocenters. The molecule has 2 rings (SSSR count). The maximum absolute atomic E-state index is 2.40. The first kappa shape index (κ1) is 27.5.